The quantitative estimate of drug-likeness (QED) is 0.661. The average molecular weight is 217 g/mol. The molecule has 5 nitrogen and oxygen atoms in total. The molecular formula is C10H19NO4. The van der Waals surface area contributed by atoms with Gasteiger partial charge < -0.3 is 15.2 Å². The van der Waals surface area contributed by atoms with Crippen molar-refractivity contribution in [2.24, 2.45) is 0 Å². The summed E-state index contributed by atoms with van der Waals surface area (Å²) >= 11 is 0. The van der Waals surface area contributed by atoms with Gasteiger partial charge in [0, 0.05) is 19.1 Å². The Balaban J connectivity index is 4.17. The molecule has 1 unspecified atom stereocenters. The first kappa shape index (κ1) is 13.9. The highest BCUT2D eigenvalue weighted by Gasteiger charge is 2.26. The van der Waals surface area contributed by atoms with Crippen LogP contribution in [0.5, 0.6) is 0 Å². The summed E-state index contributed by atoms with van der Waals surface area (Å²) in [4.78, 5) is 22.0. The van der Waals surface area contributed by atoms with Gasteiger partial charge in [-0.2, -0.15) is 0 Å². The number of carbonyl (C=O) groups is 2. The molecule has 0 rings (SSSR count). The fourth-order valence-electron chi connectivity index (χ4n) is 1.19. The molecule has 88 valence electrons. The second-order valence-electron chi connectivity index (χ2n) is 3.78. The average Bonchev–Trinajstić information content (AvgIpc) is 2.13. The molecule has 0 saturated carbocycles. The number of carboxylic acids is 1. The molecule has 2 N–H and O–H groups in total. The van der Waals surface area contributed by atoms with Crippen LogP contribution in [0.2, 0.25) is 0 Å². The molecule has 0 radical (unpaired) electrons. The summed E-state index contributed by atoms with van der Waals surface area (Å²) in [6.45, 7) is 3.92. The zero-order valence-electron chi connectivity index (χ0n) is 9.50. The van der Waals surface area contributed by atoms with Crippen molar-refractivity contribution in [1.82, 2.24) is 5.32 Å². The zero-order chi connectivity index (χ0) is 11.9. The molecular weight excluding hydrogens is 198 g/mol. The van der Waals surface area contributed by atoms with E-state index in [1.807, 2.05) is 6.92 Å². The molecule has 0 aliphatic rings. The normalized spacial score (nSPS) is 14.3. The van der Waals surface area contributed by atoms with E-state index in [1.165, 1.54) is 7.11 Å². The van der Waals surface area contributed by atoms with Crippen LogP contribution >= 0.6 is 0 Å². The van der Waals surface area contributed by atoms with Crippen LogP contribution in [0.4, 0.5) is 0 Å². The van der Waals surface area contributed by atoms with Gasteiger partial charge in [-0.15, -0.1) is 0 Å². The summed E-state index contributed by atoms with van der Waals surface area (Å²) in [6.07, 6.45) is 0.770. The van der Waals surface area contributed by atoms with Gasteiger partial charge >= 0.3 is 5.97 Å². The predicted octanol–water partition coefficient (Wildman–Crippen LogP) is 0.782. The lowest BCUT2D eigenvalue weighted by molar-refractivity contribution is -0.139. The second kappa shape index (κ2) is 6.40. The van der Waals surface area contributed by atoms with Crippen molar-refractivity contribution < 1.29 is 19.4 Å². The monoisotopic (exact) mass is 217 g/mol. The molecule has 0 spiro atoms. The van der Waals surface area contributed by atoms with Crippen LogP contribution in [0.1, 0.15) is 33.1 Å². The lowest BCUT2D eigenvalue weighted by Crippen LogP contribution is -2.47. The molecule has 0 aromatic heterocycles. The number of carboxylic acid groups (broad SMARTS) is 1. The lowest BCUT2D eigenvalue weighted by atomic mass is 9.94. The van der Waals surface area contributed by atoms with Gasteiger partial charge in [-0.1, -0.05) is 6.92 Å². The summed E-state index contributed by atoms with van der Waals surface area (Å²) in [6, 6.07) is 0. The Kier molecular flexibility index (Phi) is 5.93. The van der Waals surface area contributed by atoms with E-state index in [9.17, 15) is 9.59 Å². The van der Waals surface area contributed by atoms with E-state index < -0.39 is 11.5 Å². The molecule has 0 heterocycles. The number of hydrogen-bond acceptors (Lipinski definition) is 3. The number of carbonyl (C=O) groups excluding carboxylic acids is 1. The molecule has 0 aromatic carbocycles. The molecule has 0 saturated heterocycles. The highest BCUT2D eigenvalue weighted by atomic mass is 16.5. The summed E-state index contributed by atoms with van der Waals surface area (Å²) < 4.78 is 4.76. The molecule has 0 aromatic rings. The van der Waals surface area contributed by atoms with Crippen LogP contribution < -0.4 is 5.32 Å². The SMILES string of the molecule is CCC(C)(CC(=O)O)NC(=O)CCOC. The van der Waals surface area contributed by atoms with E-state index in [2.05, 4.69) is 5.32 Å². The molecule has 0 bridgehead atoms. The Bertz CT molecular complexity index is 229. The molecule has 0 fully saturated rings. The Morgan fingerprint density at radius 3 is 2.47 bits per heavy atom. The van der Waals surface area contributed by atoms with E-state index in [0.29, 0.717) is 13.0 Å². The van der Waals surface area contributed by atoms with Crippen LogP contribution in [-0.4, -0.2) is 36.2 Å². The number of aliphatic carboxylic acids is 1. The summed E-state index contributed by atoms with van der Waals surface area (Å²) in [5.41, 5.74) is -0.670. The van der Waals surface area contributed by atoms with E-state index in [1.54, 1.807) is 6.92 Å². The Hall–Kier alpha value is -1.10. The Morgan fingerprint density at radius 2 is 2.07 bits per heavy atom. The molecule has 15 heavy (non-hydrogen) atoms. The van der Waals surface area contributed by atoms with Crippen molar-refractivity contribution in [3.63, 3.8) is 0 Å². The number of nitrogens with one attached hydrogen (secondary N) is 1. The zero-order valence-corrected chi connectivity index (χ0v) is 9.50. The van der Waals surface area contributed by atoms with Crippen molar-refractivity contribution in [3.8, 4) is 0 Å². The highest BCUT2D eigenvalue weighted by molar-refractivity contribution is 5.78. The van der Waals surface area contributed by atoms with Gasteiger partial charge in [-0.3, -0.25) is 9.59 Å². The van der Waals surface area contributed by atoms with E-state index in [0.717, 1.165) is 0 Å². The molecule has 1 atom stereocenters. The van der Waals surface area contributed by atoms with Gasteiger partial charge in [0.15, 0.2) is 0 Å². The second-order valence-corrected chi connectivity index (χ2v) is 3.78. The van der Waals surface area contributed by atoms with Gasteiger partial charge in [0.2, 0.25) is 5.91 Å². The number of rotatable bonds is 7. The predicted molar refractivity (Wildman–Crippen MR) is 55.6 cm³/mol. The minimum absolute atomic E-state index is 0.0672. The van der Waals surface area contributed by atoms with E-state index in [4.69, 9.17) is 9.84 Å². The van der Waals surface area contributed by atoms with Crippen molar-refractivity contribution in [2.75, 3.05) is 13.7 Å². The number of amides is 1. The fraction of sp³-hybridized carbons (Fsp3) is 0.800. The van der Waals surface area contributed by atoms with Crippen LogP contribution in [0.15, 0.2) is 0 Å². The molecule has 0 aliphatic heterocycles. The first-order valence-electron chi connectivity index (χ1n) is 4.95. The largest absolute Gasteiger partial charge is 0.481 e. The summed E-state index contributed by atoms with van der Waals surface area (Å²) in [5.74, 6) is -1.09. The fourth-order valence-corrected chi connectivity index (χ4v) is 1.19. The Morgan fingerprint density at radius 1 is 1.47 bits per heavy atom. The van der Waals surface area contributed by atoms with Crippen LogP contribution in [0, 0.1) is 0 Å². The van der Waals surface area contributed by atoms with Crippen LogP contribution in [0.25, 0.3) is 0 Å². The van der Waals surface area contributed by atoms with Gasteiger partial charge in [0.1, 0.15) is 0 Å². The van der Waals surface area contributed by atoms with Crippen molar-refractivity contribution in [3.05, 3.63) is 0 Å². The topological polar surface area (TPSA) is 75.6 Å². The summed E-state index contributed by atoms with van der Waals surface area (Å²) in [7, 11) is 1.52. The minimum atomic E-state index is -0.911. The van der Waals surface area contributed by atoms with Gasteiger partial charge in [0.05, 0.1) is 13.0 Å². The van der Waals surface area contributed by atoms with Gasteiger partial charge in [0.25, 0.3) is 0 Å². The first-order chi connectivity index (χ1) is 6.93. The van der Waals surface area contributed by atoms with Crippen molar-refractivity contribution in [1.29, 1.82) is 0 Å². The highest BCUT2D eigenvalue weighted by Crippen LogP contribution is 2.14. The van der Waals surface area contributed by atoms with Crippen molar-refractivity contribution >= 4 is 11.9 Å². The van der Waals surface area contributed by atoms with Crippen molar-refractivity contribution in [2.45, 2.75) is 38.6 Å². The molecule has 1 amide bonds. The third kappa shape index (κ3) is 6.06. The van der Waals surface area contributed by atoms with E-state index >= 15 is 0 Å². The standard InChI is InChI=1S/C10H19NO4/c1-4-10(2,7-9(13)14)11-8(12)5-6-15-3/h4-7H2,1-3H3,(H,11,12)(H,13,14). The number of ether oxygens (including phenoxy) is 1. The van der Waals surface area contributed by atoms with Crippen LogP contribution in [-0.2, 0) is 14.3 Å². The molecule has 0 aliphatic carbocycles. The van der Waals surface area contributed by atoms with Gasteiger partial charge in [-0.25, -0.2) is 0 Å². The maximum atomic E-state index is 11.4. The number of hydrogen-bond donors (Lipinski definition) is 2. The number of methoxy groups -OCH3 is 1. The summed E-state index contributed by atoms with van der Waals surface area (Å²) in [5, 5.41) is 11.4. The lowest BCUT2D eigenvalue weighted by Gasteiger charge is -2.27. The third-order valence-electron chi connectivity index (χ3n) is 2.30. The Labute approximate surface area is 89.8 Å². The molecule has 5 heteroatoms. The minimum Gasteiger partial charge on any atom is -0.481 e. The maximum absolute atomic E-state index is 11.4. The smallest absolute Gasteiger partial charge is 0.305 e. The van der Waals surface area contributed by atoms with Gasteiger partial charge in [-0.05, 0) is 13.3 Å². The maximum Gasteiger partial charge on any atom is 0.305 e. The van der Waals surface area contributed by atoms with Crippen LogP contribution in [0.3, 0.4) is 0 Å². The third-order valence-corrected chi connectivity index (χ3v) is 2.30. The first-order valence-corrected chi connectivity index (χ1v) is 4.95. The van der Waals surface area contributed by atoms with E-state index in [-0.39, 0.29) is 18.7 Å².